The molecule has 1 fully saturated rings. The number of hydrogen-bond acceptors (Lipinski definition) is 8. The Morgan fingerprint density at radius 3 is 2.43 bits per heavy atom. The Kier molecular flexibility index (Phi) is 7.33. The molecule has 0 saturated carbocycles. The third kappa shape index (κ3) is 5.06. The molecule has 0 bridgehead atoms. The van der Waals surface area contributed by atoms with Gasteiger partial charge in [-0.25, -0.2) is 4.98 Å². The van der Waals surface area contributed by atoms with Crippen molar-refractivity contribution in [3.05, 3.63) is 114 Å². The van der Waals surface area contributed by atoms with Crippen molar-refractivity contribution in [1.29, 1.82) is 0 Å². The minimum absolute atomic E-state index is 0.0534. The maximum Gasteiger partial charge on any atom is 0.301 e. The summed E-state index contributed by atoms with van der Waals surface area (Å²) in [6, 6.07) is 27.7. The lowest BCUT2D eigenvalue weighted by Gasteiger charge is -2.23. The fourth-order valence-corrected chi connectivity index (χ4v) is 5.92. The first-order chi connectivity index (χ1) is 20.5. The summed E-state index contributed by atoms with van der Waals surface area (Å²) in [7, 11) is 1.58. The molecule has 0 radical (unpaired) electrons. The largest absolute Gasteiger partial charge is 0.507 e. The van der Waals surface area contributed by atoms with Crippen molar-refractivity contribution in [3.8, 4) is 23.0 Å². The number of rotatable bonds is 8. The van der Waals surface area contributed by atoms with Crippen LogP contribution in [0.3, 0.4) is 0 Å². The molecular formula is C33H26N2O6S. The highest BCUT2D eigenvalue weighted by Crippen LogP contribution is 2.45. The lowest BCUT2D eigenvalue weighted by atomic mass is 9.95. The molecule has 0 spiro atoms. The van der Waals surface area contributed by atoms with Crippen LogP contribution in [0.2, 0.25) is 0 Å². The van der Waals surface area contributed by atoms with Gasteiger partial charge in [-0.05, 0) is 67.1 Å². The van der Waals surface area contributed by atoms with E-state index in [1.165, 1.54) is 16.2 Å². The number of aliphatic hydroxyl groups excluding tert-OH is 1. The zero-order valence-corrected chi connectivity index (χ0v) is 23.6. The molecule has 1 N–H and O–H groups in total. The van der Waals surface area contributed by atoms with Gasteiger partial charge >= 0.3 is 5.91 Å². The van der Waals surface area contributed by atoms with E-state index in [-0.39, 0.29) is 11.3 Å². The van der Waals surface area contributed by atoms with Crippen LogP contribution in [0, 0.1) is 0 Å². The number of nitrogens with zero attached hydrogens (tertiary/aromatic N) is 2. The summed E-state index contributed by atoms with van der Waals surface area (Å²) < 4.78 is 17.8. The topological polar surface area (TPSA) is 98.2 Å². The van der Waals surface area contributed by atoms with Crippen LogP contribution in [-0.2, 0) is 9.59 Å². The number of fused-ring (bicyclic) bond motifs is 1. The number of aliphatic hydroxyl groups is 1. The number of benzene rings is 4. The first kappa shape index (κ1) is 27.0. The standard InChI is InChI=1S/C33H26N2O6S/c1-3-40-24-13-8-10-21(18-24)30(36)28-29(20-9-7-14-25(17-20)41-22-11-5-4-6-12-22)35(32(38)31(28)37)33-34-26-16-15-23(39-2)19-27(26)42-33/h4-19,29,36H,3H2,1-2H3. The van der Waals surface area contributed by atoms with Crippen LogP contribution >= 0.6 is 11.3 Å². The van der Waals surface area contributed by atoms with Crippen LogP contribution in [0.4, 0.5) is 5.13 Å². The molecule has 2 heterocycles. The number of ketones is 1. The van der Waals surface area contributed by atoms with Gasteiger partial charge in [-0.3, -0.25) is 14.5 Å². The van der Waals surface area contributed by atoms with Crippen LogP contribution in [0.25, 0.3) is 16.0 Å². The quantitative estimate of drug-likeness (QED) is 0.119. The van der Waals surface area contributed by atoms with Gasteiger partial charge in [0, 0.05) is 5.56 Å². The number of Topliss-reactive ketones (excluding diaryl/α,β-unsaturated/α-hetero) is 1. The third-order valence-corrected chi connectivity index (χ3v) is 7.82. The maximum absolute atomic E-state index is 13.7. The second kappa shape index (κ2) is 11.4. The summed E-state index contributed by atoms with van der Waals surface area (Å²) in [6.07, 6.45) is 0. The summed E-state index contributed by atoms with van der Waals surface area (Å²) in [4.78, 5) is 33.4. The molecule has 42 heavy (non-hydrogen) atoms. The molecule has 4 aromatic carbocycles. The minimum Gasteiger partial charge on any atom is -0.507 e. The summed E-state index contributed by atoms with van der Waals surface area (Å²) in [5, 5.41) is 11.9. The van der Waals surface area contributed by atoms with E-state index in [2.05, 4.69) is 4.98 Å². The van der Waals surface area contributed by atoms with Gasteiger partial charge in [-0.2, -0.15) is 0 Å². The molecular weight excluding hydrogens is 552 g/mol. The van der Waals surface area contributed by atoms with Crippen LogP contribution in [-0.4, -0.2) is 35.5 Å². The molecule has 1 aromatic heterocycles. The van der Waals surface area contributed by atoms with E-state index in [9.17, 15) is 14.7 Å². The number of ether oxygens (including phenoxy) is 3. The number of aromatic nitrogens is 1. The van der Waals surface area contributed by atoms with Gasteiger partial charge in [0.1, 0.15) is 28.8 Å². The van der Waals surface area contributed by atoms with Crippen LogP contribution in [0.1, 0.15) is 24.1 Å². The van der Waals surface area contributed by atoms with E-state index in [0.29, 0.717) is 51.4 Å². The second-order valence-corrected chi connectivity index (χ2v) is 10.5. The summed E-state index contributed by atoms with van der Waals surface area (Å²) in [5.41, 5.74) is 1.53. The summed E-state index contributed by atoms with van der Waals surface area (Å²) in [5.74, 6) is 0.420. The number of carbonyl (C=O) groups excluding carboxylic acids is 2. The Labute approximate surface area is 246 Å². The Morgan fingerprint density at radius 1 is 0.881 bits per heavy atom. The summed E-state index contributed by atoms with van der Waals surface area (Å²) >= 11 is 1.26. The van der Waals surface area contributed by atoms with E-state index in [1.807, 2.05) is 43.3 Å². The average molecular weight is 579 g/mol. The van der Waals surface area contributed by atoms with Crippen molar-refractivity contribution in [2.75, 3.05) is 18.6 Å². The van der Waals surface area contributed by atoms with Crippen molar-refractivity contribution in [3.63, 3.8) is 0 Å². The molecule has 1 amide bonds. The van der Waals surface area contributed by atoms with Gasteiger partial charge in [0.05, 0.1) is 35.5 Å². The van der Waals surface area contributed by atoms with Gasteiger partial charge in [0.25, 0.3) is 5.78 Å². The van der Waals surface area contributed by atoms with Crippen molar-refractivity contribution < 1.29 is 28.9 Å². The highest BCUT2D eigenvalue weighted by Gasteiger charge is 2.48. The second-order valence-electron chi connectivity index (χ2n) is 9.45. The van der Waals surface area contributed by atoms with Crippen LogP contribution in [0.5, 0.6) is 23.0 Å². The molecule has 9 heteroatoms. The zero-order chi connectivity index (χ0) is 29.2. The van der Waals surface area contributed by atoms with E-state index < -0.39 is 17.7 Å². The van der Waals surface area contributed by atoms with Crippen molar-refractivity contribution in [1.82, 2.24) is 4.98 Å². The smallest absolute Gasteiger partial charge is 0.301 e. The predicted octanol–water partition coefficient (Wildman–Crippen LogP) is 7.12. The van der Waals surface area contributed by atoms with Gasteiger partial charge < -0.3 is 19.3 Å². The fourth-order valence-electron chi connectivity index (χ4n) is 4.90. The molecule has 1 atom stereocenters. The minimum atomic E-state index is -0.970. The maximum atomic E-state index is 13.7. The molecule has 1 aliphatic rings. The normalized spacial score (nSPS) is 16.1. The van der Waals surface area contributed by atoms with Gasteiger partial charge in [-0.15, -0.1) is 0 Å². The van der Waals surface area contributed by atoms with Crippen LogP contribution < -0.4 is 19.1 Å². The zero-order valence-electron chi connectivity index (χ0n) is 22.8. The number of para-hydroxylation sites is 1. The average Bonchev–Trinajstić information content (AvgIpc) is 3.55. The number of hydrogen-bond donors (Lipinski definition) is 1. The van der Waals surface area contributed by atoms with E-state index in [1.54, 1.807) is 67.8 Å². The van der Waals surface area contributed by atoms with E-state index >= 15 is 0 Å². The SMILES string of the molecule is CCOc1cccc(C(O)=C2C(=O)C(=O)N(c3nc4ccc(OC)cc4s3)C2c2cccc(Oc3ccccc3)c2)c1. The van der Waals surface area contributed by atoms with Gasteiger partial charge in [0.2, 0.25) is 0 Å². The lowest BCUT2D eigenvalue weighted by molar-refractivity contribution is -0.132. The molecule has 6 rings (SSSR count). The number of amides is 1. The number of carbonyl (C=O) groups is 2. The molecule has 1 saturated heterocycles. The van der Waals surface area contributed by atoms with Crippen molar-refractivity contribution in [2.45, 2.75) is 13.0 Å². The van der Waals surface area contributed by atoms with E-state index in [4.69, 9.17) is 14.2 Å². The predicted molar refractivity (Wildman–Crippen MR) is 162 cm³/mol. The van der Waals surface area contributed by atoms with Crippen molar-refractivity contribution >= 4 is 44.1 Å². The number of methoxy groups -OCH3 is 1. The first-order valence-electron chi connectivity index (χ1n) is 13.3. The Morgan fingerprint density at radius 2 is 1.64 bits per heavy atom. The Balaban J connectivity index is 1.51. The fraction of sp³-hybridized carbons (Fsp3) is 0.121. The molecule has 210 valence electrons. The molecule has 1 unspecified atom stereocenters. The van der Waals surface area contributed by atoms with E-state index in [0.717, 1.165) is 4.70 Å². The molecule has 1 aliphatic heterocycles. The van der Waals surface area contributed by atoms with Gasteiger partial charge in [0.15, 0.2) is 5.13 Å². The third-order valence-electron chi connectivity index (χ3n) is 6.81. The van der Waals surface area contributed by atoms with Crippen molar-refractivity contribution in [2.24, 2.45) is 0 Å². The summed E-state index contributed by atoms with van der Waals surface area (Å²) in [6.45, 7) is 2.29. The Bertz CT molecular complexity index is 1830. The molecule has 5 aromatic rings. The first-order valence-corrected chi connectivity index (χ1v) is 14.1. The molecule has 8 nitrogen and oxygen atoms in total. The monoisotopic (exact) mass is 578 g/mol. The highest BCUT2D eigenvalue weighted by molar-refractivity contribution is 7.22. The Hall–Kier alpha value is -5.15. The van der Waals surface area contributed by atoms with Gasteiger partial charge in [-0.1, -0.05) is 53.8 Å². The molecule has 0 aliphatic carbocycles. The number of anilines is 1. The lowest BCUT2D eigenvalue weighted by Crippen LogP contribution is -2.29. The highest BCUT2D eigenvalue weighted by atomic mass is 32.1. The number of thiazole rings is 1. The van der Waals surface area contributed by atoms with Crippen LogP contribution in [0.15, 0.2) is 103 Å².